The van der Waals surface area contributed by atoms with Crippen molar-refractivity contribution in [1.29, 1.82) is 0 Å². The second kappa shape index (κ2) is 15.8. The summed E-state index contributed by atoms with van der Waals surface area (Å²) in [6.45, 7) is 5.92. The van der Waals surface area contributed by atoms with Gasteiger partial charge >= 0.3 is 0 Å². The summed E-state index contributed by atoms with van der Waals surface area (Å²) in [6.07, 6.45) is 9.54. The van der Waals surface area contributed by atoms with Crippen molar-refractivity contribution in [1.82, 2.24) is 0 Å². The van der Waals surface area contributed by atoms with Crippen LogP contribution >= 0.6 is 11.3 Å². The van der Waals surface area contributed by atoms with Gasteiger partial charge in [-0.3, -0.25) is 0 Å². The highest BCUT2D eigenvalue weighted by Gasteiger charge is 2.01. The Morgan fingerprint density at radius 3 is 2.39 bits per heavy atom. The van der Waals surface area contributed by atoms with Gasteiger partial charge in [-0.15, -0.1) is 17.9 Å². The van der Waals surface area contributed by atoms with Gasteiger partial charge in [0.2, 0.25) is 0 Å². The summed E-state index contributed by atoms with van der Waals surface area (Å²) in [6, 6.07) is 18.5. The topological polar surface area (TPSA) is 81.5 Å². The molecule has 0 saturated heterocycles. The number of fused-ring (bicyclic) bond motifs is 1. The van der Waals surface area contributed by atoms with Gasteiger partial charge in [-0.05, 0) is 66.4 Å². The molecule has 5 N–H and O–H groups in total. The SMILES string of the molecule is C=CCc1ccc(OC)cc1.CCCO.N/C=C\C=C(\N)Cc1cc2ccccc2s1. The number of thiophene rings is 1. The first-order valence-corrected chi connectivity index (χ1v) is 11.0. The van der Waals surface area contributed by atoms with Gasteiger partial charge in [0.1, 0.15) is 5.75 Å². The highest BCUT2D eigenvalue weighted by molar-refractivity contribution is 7.19. The van der Waals surface area contributed by atoms with Crippen LogP contribution in [0.3, 0.4) is 0 Å². The lowest BCUT2D eigenvalue weighted by molar-refractivity contribution is 0.295. The molecule has 0 unspecified atom stereocenters. The molecule has 2 aromatic carbocycles. The molecule has 1 aromatic heterocycles. The lowest BCUT2D eigenvalue weighted by atomic mass is 10.1. The molecule has 0 fully saturated rings. The van der Waals surface area contributed by atoms with Gasteiger partial charge in [0.15, 0.2) is 0 Å². The number of aliphatic hydroxyl groups is 1. The van der Waals surface area contributed by atoms with Crippen molar-refractivity contribution in [2.24, 2.45) is 11.5 Å². The van der Waals surface area contributed by atoms with E-state index in [2.05, 4.69) is 36.9 Å². The molecule has 0 aliphatic carbocycles. The quantitative estimate of drug-likeness (QED) is 0.333. The minimum Gasteiger partial charge on any atom is -0.497 e. The van der Waals surface area contributed by atoms with E-state index in [1.165, 1.54) is 26.7 Å². The summed E-state index contributed by atoms with van der Waals surface area (Å²) in [7, 11) is 1.67. The summed E-state index contributed by atoms with van der Waals surface area (Å²) in [5.74, 6) is 0.901. The number of aliphatic hydroxyl groups excluding tert-OH is 1. The molecule has 31 heavy (non-hydrogen) atoms. The van der Waals surface area contributed by atoms with E-state index >= 15 is 0 Å². The van der Waals surface area contributed by atoms with Crippen LogP contribution in [0.2, 0.25) is 0 Å². The van der Waals surface area contributed by atoms with E-state index in [4.69, 9.17) is 21.3 Å². The fourth-order valence-corrected chi connectivity index (χ4v) is 3.59. The highest BCUT2D eigenvalue weighted by atomic mass is 32.1. The number of allylic oxidation sites excluding steroid dienone is 4. The Morgan fingerprint density at radius 2 is 1.84 bits per heavy atom. The normalized spacial score (nSPS) is 10.7. The monoisotopic (exact) mass is 438 g/mol. The van der Waals surface area contributed by atoms with Gasteiger partial charge in [0, 0.05) is 28.3 Å². The van der Waals surface area contributed by atoms with Gasteiger partial charge in [0.05, 0.1) is 7.11 Å². The number of nitrogens with two attached hydrogens (primary N) is 2. The molecule has 0 aliphatic rings. The fraction of sp³-hybridized carbons (Fsp3) is 0.231. The van der Waals surface area contributed by atoms with Gasteiger partial charge in [-0.25, -0.2) is 0 Å². The zero-order valence-electron chi connectivity index (χ0n) is 18.5. The standard InChI is InChI=1S/C13H14N2S.C10H12O.C3H8O/c14-7-3-5-11(15)9-12-8-10-4-1-2-6-13(10)16-12;1-3-4-9-5-7-10(11-2)8-6-9;1-2-3-4/h1-8H,9,14-15H2;3,5-8H,1,4H2,2H3;4H,2-3H2,1H3/b7-3-,11-5+;;. The zero-order valence-corrected chi connectivity index (χ0v) is 19.3. The average molecular weight is 439 g/mol. The predicted molar refractivity (Wildman–Crippen MR) is 135 cm³/mol. The van der Waals surface area contributed by atoms with Gasteiger partial charge in [0.25, 0.3) is 0 Å². The van der Waals surface area contributed by atoms with E-state index in [9.17, 15) is 0 Å². The number of hydrogen-bond donors (Lipinski definition) is 3. The highest BCUT2D eigenvalue weighted by Crippen LogP contribution is 2.26. The molecule has 4 nitrogen and oxygen atoms in total. The molecule has 1 heterocycles. The molecule has 166 valence electrons. The molecular weight excluding hydrogens is 404 g/mol. The zero-order chi connectivity index (χ0) is 22.9. The lowest BCUT2D eigenvalue weighted by Gasteiger charge is -1.99. The lowest BCUT2D eigenvalue weighted by Crippen LogP contribution is -1.99. The van der Waals surface area contributed by atoms with E-state index in [0.29, 0.717) is 6.61 Å². The van der Waals surface area contributed by atoms with Gasteiger partial charge in [-0.2, -0.15) is 0 Å². The Bertz CT molecular complexity index is 908. The third kappa shape index (κ3) is 10.5. The number of rotatable bonds is 7. The maximum Gasteiger partial charge on any atom is 0.118 e. The third-order valence-electron chi connectivity index (χ3n) is 4.04. The second-order valence-electron chi connectivity index (χ2n) is 6.62. The summed E-state index contributed by atoms with van der Waals surface area (Å²) in [5, 5.41) is 9.16. The van der Waals surface area contributed by atoms with Crippen molar-refractivity contribution in [3.63, 3.8) is 0 Å². The molecule has 0 saturated carbocycles. The second-order valence-corrected chi connectivity index (χ2v) is 7.79. The summed E-state index contributed by atoms with van der Waals surface area (Å²) in [4.78, 5) is 1.28. The van der Waals surface area contributed by atoms with Crippen LogP contribution in [0.1, 0.15) is 23.8 Å². The van der Waals surface area contributed by atoms with Crippen LogP contribution in [0.15, 0.2) is 91.3 Å². The fourth-order valence-electron chi connectivity index (χ4n) is 2.49. The first-order valence-electron chi connectivity index (χ1n) is 10.2. The van der Waals surface area contributed by atoms with Gasteiger partial charge < -0.3 is 21.3 Å². The Morgan fingerprint density at radius 1 is 1.16 bits per heavy atom. The molecule has 0 atom stereocenters. The van der Waals surface area contributed by atoms with E-state index < -0.39 is 0 Å². The van der Waals surface area contributed by atoms with Crippen LogP contribution in [0.5, 0.6) is 5.75 Å². The molecule has 3 rings (SSSR count). The Hall–Kier alpha value is -3.02. The van der Waals surface area contributed by atoms with E-state index in [0.717, 1.165) is 30.7 Å². The van der Waals surface area contributed by atoms with Crippen LogP contribution in [-0.4, -0.2) is 18.8 Å². The average Bonchev–Trinajstić information content (AvgIpc) is 3.21. The van der Waals surface area contributed by atoms with Crippen molar-refractivity contribution in [3.05, 3.63) is 102 Å². The summed E-state index contributed by atoms with van der Waals surface area (Å²) in [5.41, 5.74) is 13.2. The van der Waals surface area contributed by atoms with Crippen molar-refractivity contribution in [3.8, 4) is 5.75 Å². The van der Waals surface area contributed by atoms with Crippen LogP contribution < -0.4 is 16.2 Å². The molecular formula is C26H34N2O2S. The predicted octanol–water partition coefficient (Wildman–Crippen LogP) is 5.57. The maximum absolute atomic E-state index is 7.88. The van der Waals surface area contributed by atoms with Crippen molar-refractivity contribution in [2.75, 3.05) is 13.7 Å². The van der Waals surface area contributed by atoms with Crippen molar-refractivity contribution < 1.29 is 9.84 Å². The Kier molecular flexibility index (Phi) is 13.2. The van der Waals surface area contributed by atoms with E-state index in [1.807, 2.05) is 43.3 Å². The smallest absolute Gasteiger partial charge is 0.118 e. The number of hydrogen-bond acceptors (Lipinski definition) is 5. The van der Waals surface area contributed by atoms with Crippen molar-refractivity contribution in [2.45, 2.75) is 26.2 Å². The van der Waals surface area contributed by atoms with Crippen LogP contribution in [0.4, 0.5) is 0 Å². The third-order valence-corrected chi connectivity index (χ3v) is 5.16. The first kappa shape index (κ1) is 26.0. The van der Waals surface area contributed by atoms with Gasteiger partial charge in [-0.1, -0.05) is 43.3 Å². The maximum atomic E-state index is 7.88. The molecule has 0 bridgehead atoms. The molecule has 3 aromatic rings. The Balaban J connectivity index is 0.000000278. The molecule has 0 spiro atoms. The van der Waals surface area contributed by atoms with Crippen LogP contribution in [-0.2, 0) is 12.8 Å². The minimum atomic E-state index is 0.319. The minimum absolute atomic E-state index is 0.319. The van der Waals surface area contributed by atoms with E-state index in [-0.39, 0.29) is 0 Å². The summed E-state index contributed by atoms with van der Waals surface area (Å²) < 4.78 is 6.33. The molecule has 5 heteroatoms. The molecule has 0 aliphatic heterocycles. The number of methoxy groups -OCH3 is 1. The largest absolute Gasteiger partial charge is 0.497 e. The van der Waals surface area contributed by atoms with Crippen LogP contribution in [0, 0.1) is 0 Å². The van der Waals surface area contributed by atoms with E-state index in [1.54, 1.807) is 24.5 Å². The Labute approximate surface area is 190 Å². The van der Waals surface area contributed by atoms with Crippen LogP contribution in [0.25, 0.3) is 10.1 Å². The number of benzene rings is 2. The first-order chi connectivity index (χ1) is 15.1. The number of ether oxygens (including phenoxy) is 1. The summed E-state index contributed by atoms with van der Waals surface area (Å²) >= 11 is 1.78. The molecule has 0 radical (unpaired) electrons. The molecule has 0 amide bonds. The van der Waals surface area contributed by atoms with Crippen molar-refractivity contribution >= 4 is 21.4 Å².